The van der Waals surface area contributed by atoms with Gasteiger partial charge in [0.05, 0.1) is 31.1 Å². The number of nitrogens with one attached hydrogen (secondary N) is 1. The van der Waals surface area contributed by atoms with Crippen LogP contribution in [0.25, 0.3) is 0 Å². The molecule has 1 aliphatic carbocycles. The number of hydrogen-bond donors (Lipinski definition) is 2. The summed E-state index contributed by atoms with van der Waals surface area (Å²) in [5.41, 5.74) is 1.03. The van der Waals surface area contributed by atoms with Crippen LogP contribution in [-0.4, -0.2) is 57.3 Å². The molecule has 2 aliphatic rings. The summed E-state index contributed by atoms with van der Waals surface area (Å²) in [7, 11) is 1.64. The Morgan fingerprint density at radius 1 is 1.23 bits per heavy atom. The van der Waals surface area contributed by atoms with Gasteiger partial charge >= 0.3 is 0 Å². The second-order valence-electron chi connectivity index (χ2n) is 7.27. The van der Waals surface area contributed by atoms with Gasteiger partial charge in [-0.05, 0) is 30.7 Å². The van der Waals surface area contributed by atoms with E-state index < -0.39 is 0 Å². The Bertz CT molecular complexity index is 729. The molecule has 0 bridgehead atoms. The van der Waals surface area contributed by atoms with Crippen LogP contribution < -0.4 is 10.1 Å². The van der Waals surface area contributed by atoms with Crippen molar-refractivity contribution in [2.45, 2.75) is 31.5 Å². The smallest absolute Gasteiger partial charge is 0.213 e. The Kier molecular flexibility index (Phi) is 4.99. The van der Waals surface area contributed by atoms with Crippen LogP contribution in [0.15, 0.2) is 36.8 Å². The van der Waals surface area contributed by atoms with Crippen LogP contribution >= 0.6 is 0 Å². The van der Waals surface area contributed by atoms with Crippen LogP contribution in [0.3, 0.4) is 0 Å². The highest BCUT2D eigenvalue weighted by Crippen LogP contribution is 2.37. The summed E-state index contributed by atoms with van der Waals surface area (Å²) in [5.74, 6) is 2.50. The molecule has 2 aromatic rings. The van der Waals surface area contributed by atoms with Crippen molar-refractivity contribution in [1.29, 1.82) is 0 Å². The van der Waals surface area contributed by atoms with Crippen molar-refractivity contribution in [3.8, 4) is 5.88 Å². The molecule has 1 aliphatic heterocycles. The molecule has 0 spiro atoms. The normalized spacial score (nSPS) is 28.5. The zero-order chi connectivity index (χ0) is 17.9. The van der Waals surface area contributed by atoms with E-state index >= 15 is 0 Å². The number of fused-ring (bicyclic) bond motifs is 1. The van der Waals surface area contributed by atoms with Crippen molar-refractivity contribution in [2.75, 3.05) is 25.5 Å². The first kappa shape index (κ1) is 17.2. The van der Waals surface area contributed by atoms with Crippen molar-refractivity contribution < 1.29 is 9.84 Å². The molecular formula is C19H25N5O2. The van der Waals surface area contributed by atoms with E-state index in [-0.39, 0.29) is 12.1 Å². The van der Waals surface area contributed by atoms with E-state index in [4.69, 9.17) is 4.74 Å². The maximum Gasteiger partial charge on any atom is 0.213 e. The number of aromatic nitrogens is 3. The van der Waals surface area contributed by atoms with Crippen LogP contribution in [0, 0.1) is 11.8 Å². The zero-order valence-corrected chi connectivity index (χ0v) is 15.0. The molecule has 2 fully saturated rings. The summed E-state index contributed by atoms with van der Waals surface area (Å²) in [4.78, 5) is 15.3. The Morgan fingerprint density at radius 2 is 2.08 bits per heavy atom. The lowest BCUT2D eigenvalue weighted by molar-refractivity contribution is 0.0735. The molecule has 7 nitrogen and oxygen atoms in total. The number of ether oxygens (including phenoxy) is 1. The SMILES string of the molecule is COc1cccc(CN2C[C@H]3C[C@@H](Nc4cnccn4)[C@H](O)C[C@H]3C2)n1. The van der Waals surface area contributed by atoms with E-state index in [0.29, 0.717) is 17.7 Å². The number of aliphatic hydroxyl groups is 1. The van der Waals surface area contributed by atoms with Crippen LogP contribution in [-0.2, 0) is 6.54 Å². The molecule has 0 radical (unpaired) electrons. The van der Waals surface area contributed by atoms with Crippen molar-refractivity contribution in [2.24, 2.45) is 11.8 Å². The molecule has 0 unspecified atom stereocenters. The van der Waals surface area contributed by atoms with Gasteiger partial charge in [-0.2, -0.15) is 0 Å². The van der Waals surface area contributed by atoms with Gasteiger partial charge in [0, 0.05) is 38.1 Å². The lowest BCUT2D eigenvalue weighted by Gasteiger charge is -2.35. The number of methoxy groups -OCH3 is 1. The van der Waals surface area contributed by atoms with Crippen LogP contribution in [0.1, 0.15) is 18.5 Å². The summed E-state index contributed by atoms with van der Waals surface area (Å²) in [5, 5.41) is 13.9. The third-order valence-electron chi connectivity index (χ3n) is 5.49. The van der Waals surface area contributed by atoms with Gasteiger partial charge in [0.25, 0.3) is 0 Å². The fourth-order valence-corrected chi connectivity index (χ4v) is 4.26. The first-order valence-corrected chi connectivity index (χ1v) is 9.14. The van der Waals surface area contributed by atoms with E-state index in [1.165, 1.54) is 0 Å². The molecule has 0 amide bonds. The van der Waals surface area contributed by atoms with Crippen molar-refractivity contribution >= 4 is 5.82 Å². The summed E-state index contributed by atoms with van der Waals surface area (Å²) < 4.78 is 5.22. The van der Waals surface area contributed by atoms with Gasteiger partial charge < -0.3 is 15.2 Å². The van der Waals surface area contributed by atoms with Crippen LogP contribution in [0.4, 0.5) is 5.82 Å². The quantitative estimate of drug-likeness (QED) is 0.842. The molecule has 2 N–H and O–H groups in total. The van der Waals surface area contributed by atoms with Crippen molar-refractivity contribution in [1.82, 2.24) is 19.9 Å². The van der Waals surface area contributed by atoms with Crippen molar-refractivity contribution in [3.05, 3.63) is 42.5 Å². The fraction of sp³-hybridized carbons (Fsp3) is 0.526. The highest BCUT2D eigenvalue weighted by Gasteiger charge is 2.41. The zero-order valence-electron chi connectivity index (χ0n) is 15.0. The summed E-state index contributed by atoms with van der Waals surface area (Å²) in [6.07, 6.45) is 6.44. The number of anilines is 1. The number of likely N-dealkylation sites (tertiary alicyclic amines) is 1. The van der Waals surface area contributed by atoms with Gasteiger partial charge in [-0.3, -0.25) is 9.88 Å². The van der Waals surface area contributed by atoms with E-state index in [9.17, 15) is 5.11 Å². The number of nitrogens with zero attached hydrogens (tertiary/aromatic N) is 4. The minimum absolute atomic E-state index is 0.0304. The first-order valence-electron chi connectivity index (χ1n) is 9.14. The van der Waals surface area contributed by atoms with Gasteiger partial charge in [-0.1, -0.05) is 6.07 Å². The predicted molar refractivity (Wildman–Crippen MR) is 97.7 cm³/mol. The van der Waals surface area contributed by atoms with Gasteiger partial charge in [0.15, 0.2) is 0 Å². The molecular weight excluding hydrogens is 330 g/mol. The topological polar surface area (TPSA) is 83.4 Å². The van der Waals surface area contributed by atoms with Crippen molar-refractivity contribution in [3.63, 3.8) is 0 Å². The van der Waals surface area contributed by atoms with E-state index in [0.717, 1.165) is 44.0 Å². The molecule has 3 heterocycles. The predicted octanol–water partition coefficient (Wildman–Crippen LogP) is 1.56. The van der Waals surface area contributed by atoms with E-state index in [1.807, 2.05) is 18.2 Å². The van der Waals surface area contributed by atoms with Gasteiger partial charge in [0.2, 0.25) is 5.88 Å². The van der Waals surface area contributed by atoms with Gasteiger partial charge in [-0.25, -0.2) is 9.97 Å². The third-order valence-corrected chi connectivity index (χ3v) is 5.49. The largest absolute Gasteiger partial charge is 0.481 e. The third kappa shape index (κ3) is 3.78. The average molecular weight is 355 g/mol. The second kappa shape index (κ2) is 7.55. The molecule has 1 saturated heterocycles. The molecule has 4 rings (SSSR count). The molecule has 7 heteroatoms. The molecule has 4 atom stereocenters. The fourth-order valence-electron chi connectivity index (χ4n) is 4.26. The highest BCUT2D eigenvalue weighted by atomic mass is 16.5. The summed E-state index contributed by atoms with van der Waals surface area (Å²) >= 11 is 0. The Hall–Kier alpha value is -2.25. The molecule has 0 aromatic carbocycles. The first-order chi connectivity index (χ1) is 12.7. The summed E-state index contributed by atoms with van der Waals surface area (Å²) in [6, 6.07) is 5.92. The molecule has 26 heavy (non-hydrogen) atoms. The molecule has 1 saturated carbocycles. The maximum absolute atomic E-state index is 10.6. The lowest BCUT2D eigenvalue weighted by Crippen LogP contribution is -2.43. The number of pyridine rings is 1. The maximum atomic E-state index is 10.6. The minimum Gasteiger partial charge on any atom is -0.481 e. The van der Waals surface area contributed by atoms with E-state index in [2.05, 4.69) is 25.2 Å². The second-order valence-corrected chi connectivity index (χ2v) is 7.27. The van der Waals surface area contributed by atoms with Crippen LogP contribution in [0.2, 0.25) is 0 Å². The number of rotatable bonds is 5. The van der Waals surface area contributed by atoms with Crippen LogP contribution in [0.5, 0.6) is 5.88 Å². The van der Waals surface area contributed by atoms with Gasteiger partial charge in [-0.15, -0.1) is 0 Å². The minimum atomic E-state index is -0.354. The number of hydrogen-bond acceptors (Lipinski definition) is 7. The Balaban J connectivity index is 1.37. The Labute approximate surface area is 153 Å². The monoisotopic (exact) mass is 355 g/mol. The lowest BCUT2D eigenvalue weighted by atomic mass is 9.77. The molecule has 138 valence electrons. The average Bonchev–Trinajstić information content (AvgIpc) is 3.04. The number of aliphatic hydroxyl groups excluding tert-OH is 1. The van der Waals surface area contributed by atoms with Gasteiger partial charge in [0.1, 0.15) is 5.82 Å². The summed E-state index contributed by atoms with van der Waals surface area (Å²) in [6.45, 7) is 2.87. The standard InChI is InChI=1S/C19H25N5O2/c1-26-19-4-2-3-15(22-19)12-24-10-13-7-16(17(25)8-14(13)11-24)23-18-9-20-5-6-21-18/h2-6,9,13-14,16-17,25H,7-8,10-12H2,1H3,(H,21,23)/t13-,14+,16-,17-/m1/s1. The highest BCUT2D eigenvalue weighted by molar-refractivity contribution is 5.32. The Morgan fingerprint density at radius 3 is 2.85 bits per heavy atom. The van der Waals surface area contributed by atoms with E-state index in [1.54, 1.807) is 25.7 Å². The molecule has 2 aromatic heterocycles.